The summed E-state index contributed by atoms with van der Waals surface area (Å²) in [4.78, 5) is 12.4. The van der Waals surface area contributed by atoms with E-state index in [9.17, 15) is 13.2 Å². The zero-order valence-electron chi connectivity index (χ0n) is 16.2. The Bertz CT molecular complexity index is 906. The number of carbonyl (C=O) groups is 1. The highest BCUT2D eigenvalue weighted by Gasteiger charge is 2.22. The molecule has 0 aromatic heterocycles. The van der Waals surface area contributed by atoms with Crippen LogP contribution in [0, 0.1) is 6.92 Å². The second-order valence-corrected chi connectivity index (χ2v) is 8.46. The van der Waals surface area contributed by atoms with Crippen molar-refractivity contribution in [2.24, 2.45) is 0 Å². The topological polar surface area (TPSA) is 84.5 Å². The molecule has 6 nitrogen and oxygen atoms in total. The van der Waals surface area contributed by atoms with Crippen molar-refractivity contribution in [1.29, 1.82) is 0 Å². The van der Waals surface area contributed by atoms with E-state index in [0.717, 1.165) is 11.1 Å². The number of rotatable bonds is 7. The largest absolute Gasteiger partial charge is 0.496 e. The maximum absolute atomic E-state index is 12.8. The second-order valence-electron chi connectivity index (χ2n) is 6.74. The molecule has 0 bridgehead atoms. The maximum Gasteiger partial charge on any atom is 0.255 e. The molecule has 2 aromatic rings. The van der Waals surface area contributed by atoms with Gasteiger partial charge in [-0.25, -0.2) is 13.1 Å². The quantitative estimate of drug-likeness (QED) is 0.760. The predicted molar refractivity (Wildman–Crippen MR) is 106 cm³/mol. The minimum absolute atomic E-state index is 0.0103. The number of nitrogens with one attached hydrogen (secondary N) is 2. The third-order valence-corrected chi connectivity index (χ3v) is 5.59. The number of carbonyl (C=O) groups excluding carboxylic acids is 1. The van der Waals surface area contributed by atoms with Crippen molar-refractivity contribution in [2.75, 3.05) is 7.11 Å². The highest BCUT2D eigenvalue weighted by Crippen LogP contribution is 2.24. The van der Waals surface area contributed by atoms with Gasteiger partial charge in [-0.15, -0.1) is 0 Å². The third-order valence-electron chi connectivity index (χ3n) is 4.05. The Morgan fingerprint density at radius 2 is 1.67 bits per heavy atom. The number of amides is 1. The zero-order valence-corrected chi connectivity index (χ0v) is 17.1. The lowest BCUT2D eigenvalue weighted by molar-refractivity contribution is 0.0940. The fraction of sp³-hybridized carbons (Fsp3) is 0.350. The van der Waals surface area contributed by atoms with E-state index in [-0.39, 0.29) is 22.4 Å². The molecule has 0 fully saturated rings. The Morgan fingerprint density at radius 1 is 1.04 bits per heavy atom. The van der Waals surface area contributed by atoms with Gasteiger partial charge in [-0.2, -0.15) is 0 Å². The minimum Gasteiger partial charge on any atom is -0.496 e. The van der Waals surface area contributed by atoms with Gasteiger partial charge in [0.1, 0.15) is 5.75 Å². The second kappa shape index (κ2) is 8.54. The minimum atomic E-state index is -3.81. The Balaban J connectivity index is 2.32. The van der Waals surface area contributed by atoms with Gasteiger partial charge in [0.2, 0.25) is 10.0 Å². The first kappa shape index (κ1) is 20.9. The Kier molecular flexibility index (Phi) is 6.62. The molecule has 0 saturated heterocycles. The van der Waals surface area contributed by atoms with Gasteiger partial charge >= 0.3 is 0 Å². The van der Waals surface area contributed by atoms with E-state index in [0.29, 0.717) is 5.75 Å². The van der Waals surface area contributed by atoms with Crippen molar-refractivity contribution >= 4 is 15.9 Å². The van der Waals surface area contributed by atoms with E-state index in [1.165, 1.54) is 25.3 Å². The van der Waals surface area contributed by atoms with E-state index in [1.807, 2.05) is 45.0 Å². The Hall–Kier alpha value is -2.38. The monoisotopic (exact) mass is 390 g/mol. The van der Waals surface area contributed by atoms with Crippen LogP contribution in [0.5, 0.6) is 5.75 Å². The van der Waals surface area contributed by atoms with E-state index in [2.05, 4.69) is 10.0 Å². The molecular weight excluding hydrogens is 364 g/mol. The molecule has 2 rings (SSSR count). The summed E-state index contributed by atoms with van der Waals surface area (Å²) in [5.41, 5.74) is 2.14. The molecule has 2 N–H and O–H groups in total. The van der Waals surface area contributed by atoms with Crippen molar-refractivity contribution in [3.05, 3.63) is 59.2 Å². The summed E-state index contributed by atoms with van der Waals surface area (Å²) in [7, 11) is -2.37. The van der Waals surface area contributed by atoms with Crippen LogP contribution in [0.2, 0.25) is 0 Å². The number of aryl methyl sites for hydroxylation is 1. The first-order valence-electron chi connectivity index (χ1n) is 8.72. The average molecular weight is 391 g/mol. The zero-order chi connectivity index (χ0) is 20.2. The third kappa shape index (κ3) is 5.30. The highest BCUT2D eigenvalue weighted by molar-refractivity contribution is 7.89. The van der Waals surface area contributed by atoms with Crippen molar-refractivity contribution in [1.82, 2.24) is 10.0 Å². The van der Waals surface area contributed by atoms with E-state index in [4.69, 9.17) is 4.74 Å². The maximum atomic E-state index is 12.8. The molecule has 146 valence electrons. The highest BCUT2D eigenvalue weighted by atomic mass is 32.2. The molecule has 2 aromatic carbocycles. The van der Waals surface area contributed by atoms with Gasteiger partial charge in [0.05, 0.1) is 17.6 Å². The van der Waals surface area contributed by atoms with Crippen LogP contribution in [-0.4, -0.2) is 27.5 Å². The number of hydrogen-bond acceptors (Lipinski definition) is 4. The van der Waals surface area contributed by atoms with Crippen molar-refractivity contribution in [3.8, 4) is 5.75 Å². The number of benzene rings is 2. The lowest BCUT2D eigenvalue weighted by Gasteiger charge is -2.17. The lowest BCUT2D eigenvalue weighted by Crippen LogP contribution is -2.31. The molecule has 0 saturated carbocycles. The van der Waals surface area contributed by atoms with Crippen LogP contribution in [0.4, 0.5) is 0 Å². The van der Waals surface area contributed by atoms with Crippen LogP contribution in [-0.2, 0) is 10.0 Å². The lowest BCUT2D eigenvalue weighted by atomic mass is 10.1. The van der Waals surface area contributed by atoms with Crippen LogP contribution < -0.4 is 14.8 Å². The van der Waals surface area contributed by atoms with Gasteiger partial charge in [0, 0.05) is 12.1 Å². The summed E-state index contributed by atoms with van der Waals surface area (Å²) in [5.74, 6) is -0.0656. The van der Waals surface area contributed by atoms with Crippen LogP contribution in [0.3, 0.4) is 0 Å². The van der Waals surface area contributed by atoms with E-state index >= 15 is 0 Å². The number of hydrogen-bond donors (Lipinski definition) is 2. The van der Waals surface area contributed by atoms with Crippen LogP contribution >= 0.6 is 0 Å². The summed E-state index contributed by atoms with van der Waals surface area (Å²) in [6, 6.07) is 11.4. The van der Waals surface area contributed by atoms with Gasteiger partial charge in [-0.1, -0.05) is 29.8 Å². The summed E-state index contributed by atoms with van der Waals surface area (Å²) < 4.78 is 33.4. The molecule has 7 heteroatoms. The first-order chi connectivity index (χ1) is 12.6. The van der Waals surface area contributed by atoms with Crippen molar-refractivity contribution < 1.29 is 17.9 Å². The molecule has 0 heterocycles. The van der Waals surface area contributed by atoms with Crippen molar-refractivity contribution in [3.63, 3.8) is 0 Å². The number of ether oxygens (including phenoxy) is 1. The standard InChI is InChI=1S/C20H26N2O4S/c1-13(2)21-20(23)18-12-17(10-11-19(18)26-5)27(24,25)22-15(4)16-8-6-14(3)7-9-16/h6-13,15,22H,1-5H3,(H,21,23). The van der Waals surface area contributed by atoms with E-state index < -0.39 is 16.1 Å². The molecule has 1 unspecified atom stereocenters. The molecule has 0 radical (unpaired) electrons. The summed E-state index contributed by atoms with van der Waals surface area (Å²) in [6.07, 6.45) is 0. The SMILES string of the molecule is COc1ccc(S(=O)(=O)NC(C)c2ccc(C)cc2)cc1C(=O)NC(C)C. The molecule has 1 atom stereocenters. The van der Waals surface area contributed by atoms with Gasteiger partial charge in [-0.3, -0.25) is 4.79 Å². The van der Waals surface area contributed by atoms with Crippen LogP contribution in [0.25, 0.3) is 0 Å². The fourth-order valence-electron chi connectivity index (χ4n) is 2.60. The molecule has 0 aliphatic heterocycles. The average Bonchev–Trinajstić information content (AvgIpc) is 2.60. The van der Waals surface area contributed by atoms with Crippen LogP contribution in [0.1, 0.15) is 48.3 Å². The summed E-state index contributed by atoms with van der Waals surface area (Å²) in [6.45, 7) is 7.41. The molecule has 1 amide bonds. The van der Waals surface area contributed by atoms with Gasteiger partial charge < -0.3 is 10.1 Å². The smallest absolute Gasteiger partial charge is 0.255 e. The van der Waals surface area contributed by atoms with Gasteiger partial charge in [0.25, 0.3) is 5.91 Å². The molecule has 0 aliphatic rings. The summed E-state index contributed by atoms with van der Waals surface area (Å²) in [5, 5.41) is 2.75. The molecule has 27 heavy (non-hydrogen) atoms. The summed E-state index contributed by atoms with van der Waals surface area (Å²) >= 11 is 0. The fourth-order valence-corrected chi connectivity index (χ4v) is 3.85. The van der Waals surface area contributed by atoms with Crippen molar-refractivity contribution in [2.45, 2.75) is 44.7 Å². The Labute approximate surface area is 161 Å². The molecule has 0 spiro atoms. The van der Waals surface area contributed by atoms with Gasteiger partial charge in [0.15, 0.2) is 0 Å². The first-order valence-corrected chi connectivity index (χ1v) is 10.2. The number of methoxy groups -OCH3 is 1. The molecule has 0 aliphatic carbocycles. The predicted octanol–water partition coefficient (Wildman–Crippen LogP) is 3.18. The normalized spacial score (nSPS) is 12.7. The Morgan fingerprint density at radius 3 is 2.22 bits per heavy atom. The molecular formula is C20H26N2O4S. The van der Waals surface area contributed by atoms with Gasteiger partial charge in [-0.05, 0) is 51.5 Å². The number of sulfonamides is 1. The van der Waals surface area contributed by atoms with Crippen LogP contribution in [0.15, 0.2) is 47.4 Å². The van der Waals surface area contributed by atoms with E-state index in [1.54, 1.807) is 6.92 Å².